The van der Waals surface area contributed by atoms with Gasteiger partial charge >= 0.3 is 12.0 Å². The van der Waals surface area contributed by atoms with Crippen molar-refractivity contribution in [1.82, 2.24) is 9.88 Å². The molecule has 2 heterocycles. The second-order valence-corrected chi connectivity index (χ2v) is 4.52. The molecule has 2 atom stereocenters. The number of carboxylic acids is 1. The van der Waals surface area contributed by atoms with Crippen molar-refractivity contribution in [2.75, 3.05) is 11.9 Å². The molecule has 1 aliphatic rings. The Bertz CT molecular complexity index is 506. The maximum atomic E-state index is 12.0. The summed E-state index contributed by atoms with van der Waals surface area (Å²) in [6.45, 7) is 1.83. The Morgan fingerprint density at radius 1 is 1.53 bits per heavy atom. The summed E-state index contributed by atoms with van der Waals surface area (Å²) >= 11 is 0. The van der Waals surface area contributed by atoms with E-state index in [1.807, 2.05) is 6.92 Å². The first-order valence-corrected chi connectivity index (χ1v) is 5.88. The van der Waals surface area contributed by atoms with Crippen molar-refractivity contribution in [2.45, 2.75) is 25.5 Å². The van der Waals surface area contributed by atoms with Crippen LogP contribution in [0.15, 0.2) is 18.5 Å². The summed E-state index contributed by atoms with van der Waals surface area (Å²) in [5, 5.41) is 21.1. The number of amides is 2. The highest BCUT2D eigenvalue weighted by atomic mass is 16.4. The smallest absolute Gasteiger partial charge is 0.326 e. The number of carbonyl (C=O) groups is 2. The maximum absolute atomic E-state index is 12.0. The first-order valence-electron chi connectivity index (χ1n) is 5.88. The number of aliphatic carboxylic acids is 1. The molecule has 3 N–H and O–H groups in total. The van der Waals surface area contributed by atoms with Crippen LogP contribution < -0.4 is 5.32 Å². The average Bonchev–Trinajstić information content (AvgIpc) is 2.74. The molecule has 1 unspecified atom stereocenters. The van der Waals surface area contributed by atoms with Gasteiger partial charge in [-0.25, -0.2) is 9.59 Å². The minimum Gasteiger partial charge on any atom is -0.480 e. The van der Waals surface area contributed by atoms with Gasteiger partial charge in [-0.05, 0) is 18.6 Å². The van der Waals surface area contributed by atoms with Crippen LogP contribution in [0.5, 0.6) is 0 Å². The zero-order chi connectivity index (χ0) is 14.0. The van der Waals surface area contributed by atoms with Gasteiger partial charge in [0.15, 0.2) is 0 Å². The van der Waals surface area contributed by atoms with E-state index in [9.17, 15) is 14.7 Å². The molecule has 0 aromatic carbocycles. The molecule has 19 heavy (non-hydrogen) atoms. The SMILES string of the molecule is Cc1ccncc1NC(=O)N1CC(O)C[C@H]1C(=O)O. The molecule has 0 spiro atoms. The molecule has 1 aromatic heterocycles. The summed E-state index contributed by atoms with van der Waals surface area (Å²) in [7, 11) is 0. The lowest BCUT2D eigenvalue weighted by Gasteiger charge is -2.21. The Hall–Kier alpha value is -2.15. The Balaban J connectivity index is 2.11. The van der Waals surface area contributed by atoms with Gasteiger partial charge in [-0.3, -0.25) is 4.98 Å². The lowest BCUT2D eigenvalue weighted by Crippen LogP contribution is -2.43. The molecule has 1 saturated heterocycles. The highest BCUT2D eigenvalue weighted by Crippen LogP contribution is 2.20. The summed E-state index contributed by atoms with van der Waals surface area (Å²) in [4.78, 5) is 28.1. The Kier molecular flexibility index (Phi) is 3.66. The zero-order valence-electron chi connectivity index (χ0n) is 10.4. The number of rotatable bonds is 2. The number of β-amino-alcohol motifs (C(OH)–C–C–N with tert-alkyl or cyclic N) is 1. The summed E-state index contributed by atoms with van der Waals surface area (Å²) in [5.74, 6) is -1.12. The van der Waals surface area contributed by atoms with Gasteiger partial charge in [-0.2, -0.15) is 0 Å². The summed E-state index contributed by atoms with van der Waals surface area (Å²) in [6, 6.07) is 0.204. The summed E-state index contributed by atoms with van der Waals surface area (Å²) < 4.78 is 0. The fraction of sp³-hybridized carbons (Fsp3) is 0.417. The number of aliphatic hydroxyl groups excluding tert-OH is 1. The monoisotopic (exact) mass is 265 g/mol. The molecule has 2 rings (SSSR count). The van der Waals surface area contributed by atoms with Crippen LogP contribution in [0.3, 0.4) is 0 Å². The predicted octanol–water partition coefficient (Wildman–Crippen LogP) is 0.442. The van der Waals surface area contributed by atoms with Gasteiger partial charge < -0.3 is 20.4 Å². The normalized spacial score (nSPS) is 22.3. The number of nitrogens with one attached hydrogen (secondary N) is 1. The third kappa shape index (κ3) is 2.82. The van der Waals surface area contributed by atoms with Crippen molar-refractivity contribution in [3.63, 3.8) is 0 Å². The van der Waals surface area contributed by atoms with Gasteiger partial charge in [-0.1, -0.05) is 0 Å². The van der Waals surface area contributed by atoms with Crippen molar-refractivity contribution in [1.29, 1.82) is 0 Å². The largest absolute Gasteiger partial charge is 0.480 e. The second kappa shape index (κ2) is 5.23. The molecule has 7 nitrogen and oxygen atoms in total. The van der Waals surface area contributed by atoms with Crippen molar-refractivity contribution in [3.05, 3.63) is 24.0 Å². The minimum atomic E-state index is -1.12. The Labute approximate surface area is 109 Å². The van der Waals surface area contributed by atoms with E-state index in [0.717, 1.165) is 10.5 Å². The van der Waals surface area contributed by atoms with Gasteiger partial charge in [0.2, 0.25) is 0 Å². The molecule has 0 saturated carbocycles. The van der Waals surface area contributed by atoms with Crippen LogP contribution in [0.25, 0.3) is 0 Å². The number of carboxylic acid groups (broad SMARTS) is 1. The van der Waals surface area contributed by atoms with E-state index in [2.05, 4.69) is 10.3 Å². The first kappa shape index (κ1) is 13.3. The van der Waals surface area contributed by atoms with Gasteiger partial charge in [0, 0.05) is 19.2 Å². The van der Waals surface area contributed by atoms with Gasteiger partial charge in [0.1, 0.15) is 6.04 Å². The van der Waals surface area contributed by atoms with E-state index in [1.165, 1.54) is 6.20 Å². The van der Waals surface area contributed by atoms with Crippen LogP contribution in [0.1, 0.15) is 12.0 Å². The number of hydrogen-bond donors (Lipinski definition) is 3. The van der Waals surface area contributed by atoms with Crippen LogP contribution in [-0.4, -0.2) is 50.8 Å². The van der Waals surface area contributed by atoms with Crippen LogP contribution in [0.2, 0.25) is 0 Å². The van der Waals surface area contributed by atoms with E-state index in [1.54, 1.807) is 12.3 Å². The van der Waals surface area contributed by atoms with Crippen molar-refractivity contribution >= 4 is 17.7 Å². The first-order chi connectivity index (χ1) is 8.99. The molecule has 2 amide bonds. The van der Waals surface area contributed by atoms with Crippen molar-refractivity contribution in [2.24, 2.45) is 0 Å². The number of hydrogen-bond acceptors (Lipinski definition) is 4. The van der Waals surface area contributed by atoms with E-state index >= 15 is 0 Å². The number of aliphatic hydroxyl groups is 1. The molecule has 1 aliphatic heterocycles. The van der Waals surface area contributed by atoms with E-state index < -0.39 is 24.1 Å². The fourth-order valence-electron chi connectivity index (χ4n) is 2.05. The zero-order valence-corrected chi connectivity index (χ0v) is 10.4. The Morgan fingerprint density at radius 3 is 2.89 bits per heavy atom. The number of nitrogens with zero attached hydrogens (tertiary/aromatic N) is 2. The highest BCUT2D eigenvalue weighted by molar-refractivity contribution is 5.93. The highest BCUT2D eigenvalue weighted by Gasteiger charge is 2.39. The average molecular weight is 265 g/mol. The molecule has 1 aromatic rings. The quantitative estimate of drug-likeness (QED) is 0.720. The minimum absolute atomic E-state index is 0.0160. The fourth-order valence-corrected chi connectivity index (χ4v) is 2.05. The van der Waals surface area contributed by atoms with Crippen molar-refractivity contribution in [3.8, 4) is 0 Å². The molecule has 7 heteroatoms. The molecule has 102 valence electrons. The number of carbonyl (C=O) groups excluding carboxylic acids is 1. The number of aromatic nitrogens is 1. The van der Waals surface area contributed by atoms with Crippen LogP contribution in [0, 0.1) is 6.92 Å². The summed E-state index contributed by atoms with van der Waals surface area (Å²) in [6.07, 6.45) is 2.34. The van der Waals surface area contributed by atoms with Crippen molar-refractivity contribution < 1.29 is 19.8 Å². The van der Waals surface area contributed by atoms with Gasteiger partial charge in [0.05, 0.1) is 18.0 Å². The standard InChI is InChI=1S/C12H15N3O4/c1-7-2-3-13-5-9(7)14-12(19)15-6-8(16)4-10(15)11(17)18/h2-3,5,8,10,16H,4,6H2,1H3,(H,14,19)(H,17,18)/t8?,10-/m0/s1. The van der Waals surface area contributed by atoms with Gasteiger partial charge in [0.25, 0.3) is 0 Å². The molecule has 0 aliphatic carbocycles. The summed E-state index contributed by atoms with van der Waals surface area (Å²) in [5.41, 5.74) is 1.35. The van der Waals surface area contributed by atoms with Crippen LogP contribution in [0.4, 0.5) is 10.5 Å². The topological polar surface area (TPSA) is 103 Å². The number of anilines is 1. The van der Waals surface area contributed by atoms with Crippen LogP contribution >= 0.6 is 0 Å². The molecule has 0 bridgehead atoms. The number of urea groups is 1. The van der Waals surface area contributed by atoms with Crippen LogP contribution in [-0.2, 0) is 4.79 Å². The Morgan fingerprint density at radius 2 is 2.26 bits per heavy atom. The van der Waals surface area contributed by atoms with Gasteiger partial charge in [-0.15, -0.1) is 0 Å². The molecule has 0 radical (unpaired) electrons. The third-order valence-electron chi connectivity index (χ3n) is 3.11. The third-order valence-corrected chi connectivity index (χ3v) is 3.11. The molecular weight excluding hydrogens is 250 g/mol. The number of aryl methyl sites for hydroxylation is 1. The number of likely N-dealkylation sites (tertiary alicyclic amines) is 1. The molecular formula is C12H15N3O4. The number of pyridine rings is 1. The second-order valence-electron chi connectivity index (χ2n) is 4.52. The van der Waals surface area contributed by atoms with E-state index in [0.29, 0.717) is 5.69 Å². The van der Waals surface area contributed by atoms with E-state index in [4.69, 9.17) is 5.11 Å². The van der Waals surface area contributed by atoms with E-state index in [-0.39, 0.29) is 13.0 Å². The molecule has 1 fully saturated rings. The lowest BCUT2D eigenvalue weighted by molar-refractivity contribution is -0.141. The maximum Gasteiger partial charge on any atom is 0.326 e. The predicted molar refractivity (Wildman–Crippen MR) is 66.7 cm³/mol. The lowest BCUT2D eigenvalue weighted by atomic mass is 10.2.